The molecule has 0 amide bonds. The van der Waals surface area contributed by atoms with Gasteiger partial charge in [-0.25, -0.2) is 15.0 Å². The number of ether oxygens (including phenoxy) is 1. The SMILES string of the molecule is CCc1nc(C)c(-c2ccnc(Nc3ccc(OC)cc3)n2)s1. The van der Waals surface area contributed by atoms with Crippen molar-refractivity contribution in [2.45, 2.75) is 20.3 Å². The van der Waals surface area contributed by atoms with Gasteiger partial charge in [-0.05, 0) is 43.7 Å². The first-order valence-corrected chi connectivity index (χ1v) is 8.22. The normalized spacial score (nSPS) is 10.6. The molecule has 0 radical (unpaired) electrons. The summed E-state index contributed by atoms with van der Waals surface area (Å²) in [6, 6.07) is 9.57. The van der Waals surface area contributed by atoms with Gasteiger partial charge < -0.3 is 10.1 Å². The molecule has 0 atom stereocenters. The van der Waals surface area contributed by atoms with Crippen LogP contribution in [0.1, 0.15) is 17.6 Å². The molecule has 2 aromatic heterocycles. The van der Waals surface area contributed by atoms with Crippen LogP contribution in [-0.2, 0) is 6.42 Å². The van der Waals surface area contributed by atoms with Gasteiger partial charge in [-0.15, -0.1) is 11.3 Å². The maximum atomic E-state index is 5.16. The highest BCUT2D eigenvalue weighted by Crippen LogP contribution is 2.29. The first kappa shape index (κ1) is 15.4. The fraction of sp³-hybridized carbons (Fsp3) is 0.235. The van der Waals surface area contributed by atoms with Crippen LogP contribution < -0.4 is 10.1 Å². The van der Waals surface area contributed by atoms with Crippen LogP contribution >= 0.6 is 11.3 Å². The molecule has 1 aromatic carbocycles. The Morgan fingerprint density at radius 1 is 1.13 bits per heavy atom. The van der Waals surface area contributed by atoms with E-state index in [0.29, 0.717) is 5.95 Å². The zero-order valence-electron chi connectivity index (χ0n) is 13.3. The molecule has 3 aromatic rings. The number of benzene rings is 1. The van der Waals surface area contributed by atoms with Crippen molar-refractivity contribution in [3.05, 3.63) is 47.2 Å². The minimum Gasteiger partial charge on any atom is -0.497 e. The number of aromatic nitrogens is 3. The number of hydrogen-bond donors (Lipinski definition) is 1. The first-order chi connectivity index (χ1) is 11.2. The van der Waals surface area contributed by atoms with Crippen LogP contribution in [0.25, 0.3) is 10.6 Å². The second-order valence-corrected chi connectivity index (χ2v) is 6.08. The lowest BCUT2D eigenvalue weighted by Crippen LogP contribution is -1.97. The summed E-state index contributed by atoms with van der Waals surface area (Å²) in [5.74, 6) is 1.39. The molecule has 23 heavy (non-hydrogen) atoms. The average molecular weight is 326 g/mol. The fourth-order valence-corrected chi connectivity index (χ4v) is 3.16. The summed E-state index contributed by atoms with van der Waals surface area (Å²) in [6.45, 7) is 4.13. The smallest absolute Gasteiger partial charge is 0.227 e. The molecule has 1 N–H and O–H groups in total. The van der Waals surface area contributed by atoms with Gasteiger partial charge >= 0.3 is 0 Å². The van der Waals surface area contributed by atoms with Crippen molar-refractivity contribution in [3.63, 3.8) is 0 Å². The van der Waals surface area contributed by atoms with Crippen molar-refractivity contribution >= 4 is 23.0 Å². The molecule has 0 fully saturated rings. The third-order valence-electron chi connectivity index (χ3n) is 3.38. The van der Waals surface area contributed by atoms with Crippen LogP contribution in [0.3, 0.4) is 0 Å². The molecule has 2 heterocycles. The maximum Gasteiger partial charge on any atom is 0.227 e. The first-order valence-electron chi connectivity index (χ1n) is 7.40. The molecule has 0 aliphatic rings. The van der Waals surface area contributed by atoms with E-state index in [1.165, 1.54) is 0 Å². The highest BCUT2D eigenvalue weighted by atomic mass is 32.1. The fourth-order valence-electron chi connectivity index (χ4n) is 2.19. The quantitative estimate of drug-likeness (QED) is 0.760. The molecule has 0 aliphatic carbocycles. The minimum absolute atomic E-state index is 0.568. The standard InChI is InChI=1S/C17H18N4OS/c1-4-15-19-11(2)16(23-15)14-9-10-18-17(21-14)20-12-5-7-13(22-3)8-6-12/h5-10H,4H2,1-3H3,(H,18,20,21). The number of methoxy groups -OCH3 is 1. The monoisotopic (exact) mass is 326 g/mol. The second-order valence-electron chi connectivity index (χ2n) is 4.99. The molecule has 0 saturated carbocycles. The highest BCUT2D eigenvalue weighted by molar-refractivity contribution is 7.15. The van der Waals surface area contributed by atoms with E-state index in [4.69, 9.17) is 4.74 Å². The van der Waals surface area contributed by atoms with Gasteiger partial charge in [-0.2, -0.15) is 0 Å². The number of rotatable bonds is 5. The topological polar surface area (TPSA) is 59.9 Å². The van der Waals surface area contributed by atoms with Gasteiger partial charge in [0.05, 0.1) is 28.4 Å². The van der Waals surface area contributed by atoms with E-state index in [2.05, 4.69) is 27.2 Å². The maximum absolute atomic E-state index is 5.16. The lowest BCUT2D eigenvalue weighted by atomic mass is 10.3. The zero-order valence-corrected chi connectivity index (χ0v) is 14.1. The van der Waals surface area contributed by atoms with Gasteiger partial charge in [0.1, 0.15) is 5.75 Å². The van der Waals surface area contributed by atoms with Gasteiger partial charge in [-0.1, -0.05) is 6.92 Å². The van der Waals surface area contributed by atoms with Crippen molar-refractivity contribution in [1.29, 1.82) is 0 Å². The molecule has 3 rings (SSSR count). The number of thiazole rings is 1. The number of hydrogen-bond acceptors (Lipinski definition) is 6. The number of anilines is 2. The van der Waals surface area contributed by atoms with Gasteiger partial charge in [0.15, 0.2) is 0 Å². The van der Waals surface area contributed by atoms with E-state index in [-0.39, 0.29) is 0 Å². The molecule has 0 unspecified atom stereocenters. The largest absolute Gasteiger partial charge is 0.497 e. The molecule has 5 nitrogen and oxygen atoms in total. The van der Waals surface area contributed by atoms with Crippen LogP contribution in [0.2, 0.25) is 0 Å². The summed E-state index contributed by atoms with van der Waals surface area (Å²) >= 11 is 1.69. The Kier molecular flexibility index (Phi) is 4.52. The van der Waals surface area contributed by atoms with E-state index in [1.807, 2.05) is 37.3 Å². The van der Waals surface area contributed by atoms with Crippen LogP contribution in [0.4, 0.5) is 11.6 Å². The minimum atomic E-state index is 0.568. The van der Waals surface area contributed by atoms with Crippen molar-refractivity contribution in [3.8, 4) is 16.3 Å². The van der Waals surface area contributed by atoms with E-state index >= 15 is 0 Å². The third-order valence-corrected chi connectivity index (χ3v) is 4.70. The predicted octanol–water partition coefficient (Wildman–Crippen LogP) is 4.22. The van der Waals surface area contributed by atoms with Crippen molar-refractivity contribution < 1.29 is 4.74 Å². The van der Waals surface area contributed by atoms with Crippen molar-refractivity contribution in [1.82, 2.24) is 15.0 Å². The Morgan fingerprint density at radius 2 is 1.91 bits per heavy atom. The van der Waals surface area contributed by atoms with Crippen LogP contribution in [0, 0.1) is 6.92 Å². The summed E-state index contributed by atoms with van der Waals surface area (Å²) < 4.78 is 5.16. The highest BCUT2D eigenvalue weighted by Gasteiger charge is 2.11. The summed E-state index contributed by atoms with van der Waals surface area (Å²) in [5.41, 5.74) is 2.82. The Balaban J connectivity index is 1.85. The summed E-state index contributed by atoms with van der Waals surface area (Å²) in [6.07, 6.45) is 2.70. The van der Waals surface area contributed by atoms with E-state index in [1.54, 1.807) is 24.6 Å². The Labute approximate surface area is 139 Å². The van der Waals surface area contributed by atoms with Gasteiger partial charge in [-0.3, -0.25) is 0 Å². The average Bonchev–Trinajstić information content (AvgIpc) is 2.97. The number of nitrogens with zero attached hydrogens (tertiary/aromatic N) is 3. The van der Waals surface area contributed by atoms with E-state index in [0.717, 1.165) is 39.1 Å². The molecule has 0 bridgehead atoms. The predicted molar refractivity (Wildman–Crippen MR) is 93.5 cm³/mol. The molecular formula is C17H18N4OS. The lowest BCUT2D eigenvalue weighted by Gasteiger charge is -2.07. The molecular weight excluding hydrogens is 308 g/mol. The molecule has 0 spiro atoms. The second kappa shape index (κ2) is 6.75. The summed E-state index contributed by atoms with van der Waals surface area (Å²) in [5, 5.41) is 4.34. The van der Waals surface area contributed by atoms with Crippen LogP contribution in [0.5, 0.6) is 5.75 Å². The molecule has 6 heteroatoms. The van der Waals surface area contributed by atoms with E-state index in [9.17, 15) is 0 Å². The van der Waals surface area contributed by atoms with Crippen LogP contribution in [0.15, 0.2) is 36.5 Å². The Morgan fingerprint density at radius 3 is 2.57 bits per heavy atom. The lowest BCUT2D eigenvalue weighted by molar-refractivity contribution is 0.415. The summed E-state index contributed by atoms with van der Waals surface area (Å²) in [7, 11) is 1.65. The Bertz CT molecular complexity index is 799. The van der Waals surface area contributed by atoms with Gasteiger partial charge in [0.25, 0.3) is 0 Å². The van der Waals surface area contributed by atoms with E-state index < -0.39 is 0 Å². The Hall–Kier alpha value is -2.47. The van der Waals surface area contributed by atoms with Crippen molar-refractivity contribution in [2.75, 3.05) is 12.4 Å². The summed E-state index contributed by atoms with van der Waals surface area (Å²) in [4.78, 5) is 14.6. The molecule has 0 aliphatic heterocycles. The zero-order chi connectivity index (χ0) is 16.2. The number of aryl methyl sites for hydroxylation is 2. The number of nitrogens with one attached hydrogen (secondary N) is 1. The van der Waals surface area contributed by atoms with Gasteiger partial charge in [0.2, 0.25) is 5.95 Å². The van der Waals surface area contributed by atoms with Crippen LogP contribution in [-0.4, -0.2) is 22.1 Å². The molecule has 118 valence electrons. The third kappa shape index (κ3) is 3.48. The molecule has 0 saturated heterocycles. The van der Waals surface area contributed by atoms with Gasteiger partial charge in [0, 0.05) is 11.9 Å². The van der Waals surface area contributed by atoms with Crippen molar-refractivity contribution in [2.24, 2.45) is 0 Å².